The SMILES string of the molecule is OC[CH2][Ti]([CH2]CO)([CH2]CO)[CH2]CO. The standard InChI is InChI=1S/4C2H5O.Ti/c4*1-2-3;/h4*3H,1-2H2;. The maximum absolute atomic E-state index is 8.88. The second kappa shape index (κ2) is 7.91. The van der Waals surface area contributed by atoms with Crippen molar-refractivity contribution in [2.45, 2.75) is 18.9 Å². The van der Waals surface area contributed by atoms with Crippen molar-refractivity contribution in [1.29, 1.82) is 0 Å². The summed E-state index contributed by atoms with van der Waals surface area (Å²) in [7, 11) is 0. The Kier molecular flexibility index (Phi) is 8.25. The molecule has 0 saturated heterocycles. The summed E-state index contributed by atoms with van der Waals surface area (Å²) in [5.74, 6) is 0. The van der Waals surface area contributed by atoms with Crippen LogP contribution < -0.4 is 0 Å². The van der Waals surface area contributed by atoms with Crippen LogP contribution in [0.5, 0.6) is 0 Å². The Hall–Kier alpha value is 0.554. The van der Waals surface area contributed by atoms with Crippen LogP contribution in [0.3, 0.4) is 0 Å². The van der Waals surface area contributed by atoms with Crippen LogP contribution in [0.25, 0.3) is 0 Å². The molecule has 0 amide bonds. The molecule has 4 nitrogen and oxygen atoms in total. The fraction of sp³-hybridized carbons (Fsp3) is 1.00. The number of aliphatic hydroxyl groups is 4. The van der Waals surface area contributed by atoms with Gasteiger partial charge >= 0.3 is 82.3 Å². The Balaban J connectivity index is 4.19. The topological polar surface area (TPSA) is 80.9 Å². The third kappa shape index (κ3) is 5.10. The molecule has 0 bridgehead atoms. The van der Waals surface area contributed by atoms with Gasteiger partial charge in [0.05, 0.1) is 0 Å². The van der Waals surface area contributed by atoms with Crippen LogP contribution in [0, 0.1) is 0 Å². The first kappa shape index (κ1) is 13.6. The third-order valence-corrected chi connectivity index (χ3v) is 10.6. The van der Waals surface area contributed by atoms with Gasteiger partial charge in [0, 0.05) is 0 Å². The van der Waals surface area contributed by atoms with Crippen molar-refractivity contribution < 1.29 is 37.0 Å². The van der Waals surface area contributed by atoms with Crippen LogP contribution >= 0.6 is 0 Å². The summed E-state index contributed by atoms with van der Waals surface area (Å²) in [6.45, 7) is 0.444. The molecule has 0 atom stereocenters. The van der Waals surface area contributed by atoms with Crippen LogP contribution in [0.2, 0.25) is 18.9 Å². The Morgan fingerprint density at radius 2 is 0.769 bits per heavy atom. The van der Waals surface area contributed by atoms with E-state index in [1.54, 1.807) is 0 Å². The van der Waals surface area contributed by atoms with E-state index >= 15 is 0 Å². The monoisotopic (exact) mass is 228 g/mol. The predicted molar refractivity (Wildman–Crippen MR) is 47.6 cm³/mol. The normalized spacial score (nSPS) is 12.0. The van der Waals surface area contributed by atoms with Crippen molar-refractivity contribution >= 4 is 0 Å². The van der Waals surface area contributed by atoms with Gasteiger partial charge < -0.3 is 0 Å². The molecule has 0 heterocycles. The van der Waals surface area contributed by atoms with E-state index < -0.39 is 16.6 Å². The van der Waals surface area contributed by atoms with E-state index in [4.69, 9.17) is 20.4 Å². The zero-order valence-electron chi connectivity index (χ0n) is 7.95. The van der Waals surface area contributed by atoms with Gasteiger partial charge in [-0.2, -0.15) is 0 Å². The number of aliphatic hydroxyl groups excluding tert-OH is 4. The summed E-state index contributed by atoms with van der Waals surface area (Å²) >= 11 is -2.32. The van der Waals surface area contributed by atoms with Crippen LogP contribution in [0.4, 0.5) is 0 Å². The van der Waals surface area contributed by atoms with Gasteiger partial charge in [0.1, 0.15) is 0 Å². The molecule has 0 rings (SSSR count). The van der Waals surface area contributed by atoms with Gasteiger partial charge in [-0.1, -0.05) is 0 Å². The second-order valence-electron chi connectivity index (χ2n) is 3.39. The first-order valence-corrected chi connectivity index (χ1v) is 9.10. The van der Waals surface area contributed by atoms with Gasteiger partial charge in [0.25, 0.3) is 0 Å². The van der Waals surface area contributed by atoms with Gasteiger partial charge in [-0.05, 0) is 0 Å². The summed E-state index contributed by atoms with van der Waals surface area (Å²) in [5, 5.41) is 35.5. The van der Waals surface area contributed by atoms with Crippen molar-refractivity contribution in [1.82, 2.24) is 0 Å². The molecule has 5 heteroatoms. The fourth-order valence-corrected chi connectivity index (χ4v) is 7.00. The Labute approximate surface area is 82.6 Å². The molecular weight excluding hydrogens is 208 g/mol. The molecule has 0 aliphatic carbocycles. The first-order chi connectivity index (χ1) is 6.24. The van der Waals surface area contributed by atoms with Crippen molar-refractivity contribution in [3.05, 3.63) is 0 Å². The van der Waals surface area contributed by atoms with E-state index in [9.17, 15) is 0 Å². The van der Waals surface area contributed by atoms with Crippen molar-refractivity contribution in [2.24, 2.45) is 0 Å². The van der Waals surface area contributed by atoms with Gasteiger partial charge in [-0.3, -0.25) is 0 Å². The molecule has 0 aromatic rings. The molecule has 0 saturated carbocycles. The molecule has 4 N–H and O–H groups in total. The summed E-state index contributed by atoms with van der Waals surface area (Å²) in [5.41, 5.74) is 0. The molecule has 0 spiro atoms. The van der Waals surface area contributed by atoms with Gasteiger partial charge in [0.15, 0.2) is 0 Å². The summed E-state index contributed by atoms with van der Waals surface area (Å²) in [6, 6.07) is 0. The van der Waals surface area contributed by atoms with Crippen molar-refractivity contribution in [2.75, 3.05) is 26.4 Å². The van der Waals surface area contributed by atoms with E-state index in [2.05, 4.69) is 0 Å². The van der Waals surface area contributed by atoms with Gasteiger partial charge in [-0.25, -0.2) is 0 Å². The van der Waals surface area contributed by atoms with Gasteiger partial charge in [0.2, 0.25) is 0 Å². The van der Waals surface area contributed by atoms with Crippen molar-refractivity contribution in [3.63, 3.8) is 0 Å². The zero-order chi connectivity index (χ0) is 10.2. The number of hydrogen-bond donors (Lipinski definition) is 4. The van der Waals surface area contributed by atoms with E-state index in [0.29, 0.717) is 18.9 Å². The van der Waals surface area contributed by atoms with Crippen LogP contribution in [0.15, 0.2) is 0 Å². The minimum absolute atomic E-state index is 0.111. The molecule has 0 fully saturated rings. The molecule has 0 aromatic heterocycles. The average Bonchev–Trinajstić information content (AvgIpc) is 2.06. The van der Waals surface area contributed by atoms with E-state index in [-0.39, 0.29) is 26.4 Å². The Morgan fingerprint density at radius 1 is 0.538 bits per heavy atom. The fourth-order valence-electron chi connectivity index (χ4n) is 1.70. The summed E-state index contributed by atoms with van der Waals surface area (Å²) < 4.78 is 2.84. The molecular formula is C8H20O4Ti. The molecule has 0 aromatic carbocycles. The number of rotatable bonds is 8. The average molecular weight is 228 g/mol. The molecule has 0 aliphatic rings. The first-order valence-electron chi connectivity index (χ1n) is 4.68. The second-order valence-corrected chi connectivity index (χ2v) is 11.2. The minimum atomic E-state index is -2.32. The maximum atomic E-state index is 8.88. The summed E-state index contributed by atoms with van der Waals surface area (Å²) in [4.78, 5) is 0. The Bertz CT molecular complexity index is 91.2. The van der Waals surface area contributed by atoms with Gasteiger partial charge in [-0.15, -0.1) is 0 Å². The van der Waals surface area contributed by atoms with Crippen LogP contribution in [-0.4, -0.2) is 46.9 Å². The van der Waals surface area contributed by atoms with Crippen LogP contribution in [0.1, 0.15) is 0 Å². The Morgan fingerprint density at radius 3 is 0.923 bits per heavy atom. The molecule has 80 valence electrons. The summed E-state index contributed by atoms with van der Waals surface area (Å²) in [6.07, 6.45) is 0. The molecule has 13 heavy (non-hydrogen) atoms. The molecule has 0 radical (unpaired) electrons. The molecule has 0 unspecified atom stereocenters. The van der Waals surface area contributed by atoms with E-state index in [1.165, 1.54) is 0 Å². The van der Waals surface area contributed by atoms with Crippen LogP contribution in [-0.2, 0) is 16.6 Å². The number of hydrogen-bond acceptors (Lipinski definition) is 4. The van der Waals surface area contributed by atoms with Crippen molar-refractivity contribution in [3.8, 4) is 0 Å². The zero-order valence-corrected chi connectivity index (χ0v) is 9.51. The van der Waals surface area contributed by atoms with E-state index in [1.807, 2.05) is 0 Å². The third-order valence-electron chi connectivity index (χ3n) is 2.57. The quantitative estimate of drug-likeness (QED) is 0.433. The van der Waals surface area contributed by atoms with E-state index in [0.717, 1.165) is 0 Å². The molecule has 0 aliphatic heterocycles. The predicted octanol–water partition coefficient (Wildman–Crippen LogP) is -0.217.